The number of likely N-dealkylation sites (tertiary alicyclic amines) is 1. The van der Waals surface area contributed by atoms with Gasteiger partial charge in [0.25, 0.3) is 5.91 Å². The molecule has 2 atom stereocenters. The summed E-state index contributed by atoms with van der Waals surface area (Å²) in [4.78, 5) is 14.1. The largest absolute Gasteiger partial charge is 0.396 e. The number of fused-ring (bicyclic) bond motifs is 1. The predicted molar refractivity (Wildman–Crippen MR) is 73.2 cm³/mol. The van der Waals surface area contributed by atoms with E-state index in [2.05, 4.69) is 10.2 Å². The molecule has 3 N–H and O–H groups in total. The maximum absolute atomic E-state index is 12.5. The first-order valence-corrected chi connectivity index (χ1v) is 6.72. The highest BCUT2D eigenvalue weighted by molar-refractivity contribution is 6.04. The van der Waals surface area contributed by atoms with Gasteiger partial charge in [-0.3, -0.25) is 9.89 Å². The van der Waals surface area contributed by atoms with Crippen LogP contribution in [0.25, 0.3) is 10.9 Å². The number of carbonyl (C=O) groups is 1. The highest BCUT2D eigenvalue weighted by Crippen LogP contribution is 2.21. The number of aliphatic hydroxyl groups is 2. The first-order valence-electron chi connectivity index (χ1n) is 6.72. The van der Waals surface area contributed by atoms with Crippen molar-refractivity contribution in [2.24, 2.45) is 5.92 Å². The first kappa shape index (κ1) is 13.1. The number of β-amino-alcohol motifs (C(OH)–C–C–N with tert-alkyl or cyclic N) is 1. The molecule has 1 amide bonds. The third kappa shape index (κ3) is 2.17. The van der Waals surface area contributed by atoms with Gasteiger partial charge in [0.05, 0.1) is 11.6 Å². The molecule has 1 aromatic carbocycles. The summed E-state index contributed by atoms with van der Waals surface area (Å²) in [6.45, 7) is 0.724. The molecule has 0 unspecified atom stereocenters. The minimum atomic E-state index is -0.678. The maximum atomic E-state index is 12.5. The molecule has 1 saturated heterocycles. The van der Waals surface area contributed by atoms with Crippen LogP contribution in [0.3, 0.4) is 0 Å². The molecule has 1 aromatic heterocycles. The molecule has 1 fully saturated rings. The summed E-state index contributed by atoms with van der Waals surface area (Å²) in [5.41, 5.74) is 1.21. The van der Waals surface area contributed by atoms with E-state index in [4.69, 9.17) is 5.11 Å². The average Bonchev–Trinajstić information content (AvgIpc) is 2.90. The topological polar surface area (TPSA) is 89.5 Å². The number of aromatic amines is 1. The summed E-state index contributed by atoms with van der Waals surface area (Å²) in [6.07, 6.45) is -0.0749. The van der Waals surface area contributed by atoms with Crippen molar-refractivity contribution in [1.82, 2.24) is 15.1 Å². The van der Waals surface area contributed by atoms with E-state index in [1.807, 2.05) is 24.3 Å². The third-order valence-electron chi connectivity index (χ3n) is 3.92. The number of H-pyrrole nitrogens is 1. The van der Waals surface area contributed by atoms with Crippen LogP contribution < -0.4 is 0 Å². The van der Waals surface area contributed by atoms with Crippen molar-refractivity contribution in [1.29, 1.82) is 0 Å². The maximum Gasteiger partial charge on any atom is 0.275 e. The third-order valence-corrected chi connectivity index (χ3v) is 3.92. The molecule has 6 nitrogen and oxygen atoms in total. The van der Waals surface area contributed by atoms with Crippen molar-refractivity contribution in [3.05, 3.63) is 30.0 Å². The van der Waals surface area contributed by atoms with Crippen LogP contribution in [0.15, 0.2) is 24.3 Å². The molecule has 3 rings (SSSR count). The number of aromatic nitrogens is 2. The molecular formula is C14H17N3O3. The molecular weight excluding hydrogens is 258 g/mol. The van der Waals surface area contributed by atoms with Gasteiger partial charge in [0, 0.05) is 31.0 Å². The van der Waals surface area contributed by atoms with Gasteiger partial charge in [0.15, 0.2) is 5.69 Å². The van der Waals surface area contributed by atoms with Crippen LogP contribution in [0.1, 0.15) is 16.9 Å². The fourth-order valence-electron chi connectivity index (χ4n) is 2.65. The van der Waals surface area contributed by atoms with Crippen LogP contribution in [0.2, 0.25) is 0 Å². The summed E-state index contributed by atoms with van der Waals surface area (Å²) in [5.74, 6) is -0.326. The summed E-state index contributed by atoms with van der Waals surface area (Å²) in [5, 5.41) is 26.8. The van der Waals surface area contributed by atoms with Gasteiger partial charge in [-0.05, 0) is 12.5 Å². The minimum Gasteiger partial charge on any atom is -0.396 e. The molecule has 0 bridgehead atoms. The zero-order chi connectivity index (χ0) is 14.1. The van der Waals surface area contributed by atoms with E-state index >= 15 is 0 Å². The highest BCUT2D eigenvalue weighted by Gasteiger charge is 2.31. The molecule has 6 heteroatoms. The highest BCUT2D eigenvalue weighted by atomic mass is 16.3. The number of aliphatic hydroxyl groups excluding tert-OH is 2. The lowest BCUT2D eigenvalue weighted by atomic mass is 9.94. The molecule has 0 aliphatic carbocycles. The van der Waals surface area contributed by atoms with E-state index in [0.29, 0.717) is 18.7 Å². The van der Waals surface area contributed by atoms with Crippen molar-refractivity contribution < 1.29 is 15.0 Å². The SMILES string of the molecule is O=C(c1n[nH]c2ccccc12)N1CC[C@H](CO)[C@H](O)C1. The molecule has 0 saturated carbocycles. The predicted octanol–water partition coefficient (Wildman–Crippen LogP) is 0.378. The van der Waals surface area contributed by atoms with Crippen molar-refractivity contribution in [2.45, 2.75) is 12.5 Å². The summed E-state index contributed by atoms with van der Waals surface area (Å²) < 4.78 is 0. The molecule has 20 heavy (non-hydrogen) atoms. The van der Waals surface area contributed by atoms with Gasteiger partial charge in [-0.25, -0.2) is 0 Å². The van der Waals surface area contributed by atoms with Crippen molar-refractivity contribution in [3.63, 3.8) is 0 Å². The van der Waals surface area contributed by atoms with E-state index in [0.717, 1.165) is 10.9 Å². The number of amides is 1. The van der Waals surface area contributed by atoms with Gasteiger partial charge in [0.1, 0.15) is 0 Å². The second-order valence-corrected chi connectivity index (χ2v) is 5.17. The number of hydrogen-bond acceptors (Lipinski definition) is 4. The minimum absolute atomic E-state index is 0.0471. The smallest absolute Gasteiger partial charge is 0.275 e. The van der Waals surface area contributed by atoms with E-state index in [9.17, 15) is 9.90 Å². The van der Waals surface area contributed by atoms with Crippen LogP contribution in [-0.4, -0.2) is 57.0 Å². The molecule has 1 aliphatic rings. The number of carbonyl (C=O) groups excluding carboxylic acids is 1. The average molecular weight is 275 g/mol. The Bertz CT molecular complexity index is 625. The lowest BCUT2D eigenvalue weighted by Gasteiger charge is -2.34. The molecule has 2 aromatic rings. The van der Waals surface area contributed by atoms with Crippen LogP contribution in [0, 0.1) is 5.92 Å². The number of benzene rings is 1. The second kappa shape index (κ2) is 5.22. The Morgan fingerprint density at radius 3 is 3.00 bits per heavy atom. The number of nitrogens with one attached hydrogen (secondary N) is 1. The first-order chi connectivity index (χ1) is 9.70. The van der Waals surface area contributed by atoms with Crippen LogP contribution in [0.4, 0.5) is 0 Å². The number of rotatable bonds is 2. The van der Waals surface area contributed by atoms with Crippen LogP contribution in [-0.2, 0) is 0 Å². The Morgan fingerprint density at radius 2 is 2.25 bits per heavy atom. The molecule has 2 heterocycles. The summed E-state index contributed by atoms with van der Waals surface area (Å²) in [6, 6.07) is 7.46. The van der Waals surface area contributed by atoms with Gasteiger partial charge in [0.2, 0.25) is 0 Å². The fraction of sp³-hybridized carbons (Fsp3) is 0.429. The Morgan fingerprint density at radius 1 is 1.45 bits per heavy atom. The summed E-state index contributed by atoms with van der Waals surface area (Å²) >= 11 is 0. The lowest BCUT2D eigenvalue weighted by Crippen LogP contribution is -2.47. The normalized spacial score (nSPS) is 23.2. The van der Waals surface area contributed by atoms with Crippen molar-refractivity contribution >= 4 is 16.8 Å². The number of hydrogen-bond donors (Lipinski definition) is 3. The van der Waals surface area contributed by atoms with Gasteiger partial charge in [-0.1, -0.05) is 18.2 Å². The van der Waals surface area contributed by atoms with E-state index in [1.165, 1.54) is 0 Å². The lowest BCUT2D eigenvalue weighted by molar-refractivity contribution is 0.000728. The molecule has 0 spiro atoms. The second-order valence-electron chi connectivity index (χ2n) is 5.17. The Kier molecular flexibility index (Phi) is 3.42. The van der Waals surface area contributed by atoms with Gasteiger partial charge in [-0.15, -0.1) is 0 Å². The number of nitrogens with zero attached hydrogens (tertiary/aromatic N) is 2. The molecule has 1 aliphatic heterocycles. The Balaban J connectivity index is 1.83. The Hall–Kier alpha value is -1.92. The molecule has 106 valence electrons. The van der Waals surface area contributed by atoms with E-state index < -0.39 is 6.10 Å². The quantitative estimate of drug-likeness (QED) is 0.739. The standard InChI is InChI=1S/C14H17N3O3/c18-8-9-5-6-17(7-12(9)19)14(20)13-10-3-1-2-4-11(10)15-16-13/h1-4,9,12,18-19H,5-8H2,(H,15,16)/t9-,12-/m1/s1. The van der Waals surface area contributed by atoms with Crippen LogP contribution >= 0.6 is 0 Å². The Labute approximate surface area is 116 Å². The van der Waals surface area contributed by atoms with Crippen molar-refractivity contribution in [3.8, 4) is 0 Å². The monoisotopic (exact) mass is 275 g/mol. The van der Waals surface area contributed by atoms with E-state index in [-0.39, 0.29) is 25.0 Å². The number of para-hydroxylation sites is 1. The summed E-state index contributed by atoms with van der Waals surface area (Å²) in [7, 11) is 0. The zero-order valence-corrected chi connectivity index (χ0v) is 11.0. The van der Waals surface area contributed by atoms with Gasteiger partial charge in [-0.2, -0.15) is 5.10 Å². The van der Waals surface area contributed by atoms with Gasteiger partial charge < -0.3 is 15.1 Å². The van der Waals surface area contributed by atoms with Gasteiger partial charge >= 0.3 is 0 Å². The van der Waals surface area contributed by atoms with E-state index in [1.54, 1.807) is 4.90 Å². The molecule has 0 radical (unpaired) electrons. The zero-order valence-electron chi connectivity index (χ0n) is 11.0. The fourth-order valence-corrected chi connectivity index (χ4v) is 2.65. The van der Waals surface area contributed by atoms with Crippen molar-refractivity contribution in [2.75, 3.05) is 19.7 Å². The number of piperidine rings is 1. The van der Waals surface area contributed by atoms with Crippen LogP contribution in [0.5, 0.6) is 0 Å².